The standard InChI is InChI=1S/C27H22N2O5/c30-26(29-25-12-11-21(16-28-25)27(31)32)22-13-23(33-17-19-7-3-1-4-8-19)15-24(14-22)34-18-20-9-5-2-6-10-20/h1-16H,17-18H2,(H,31,32)(H,28,29,30). The quantitative estimate of drug-likeness (QED) is 0.361. The first-order valence-electron chi connectivity index (χ1n) is 10.6. The van der Waals surface area contributed by atoms with Crippen molar-refractivity contribution >= 4 is 17.7 Å². The lowest BCUT2D eigenvalue weighted by Crippen LogP contribution is -2.14. The fraction of sp³-hybridized carbons (Fsp3) is 0.0741. The van der Waals surface area contributed by atoms with Crippen LogP contribution in [0.5, 0.6) is 11.5 Å². The molecule has 34 heavy (non-hydrogen) atoms. The minimum absolute atomic E-state index is 0.0332. The number of carboxylic acids is 1. The van der Waals surface area contributed by atoms with Gasteiger partial charge in [-0.2, -0.15) is 0 Å². The van der Waals surface area contributed by atoms with E-state index in [-0.39, 0.29) is 11.4 Å². The highest BCUT2D eigenvalue weighted by atomic mass is 16.5. The van der Waals surface area contributed by atoms with Gasteiger partial charge >= 0.3 is 5.97 Å². The van der Waals surface area contributed by atoms with Crippen molar-refractivity contribution in [1.82, 2.24) is 4.98 Å². The molecule has 4 aromatic rings. The molecular weight excluding hydrogens is 432 g/mol. The maximum Gasteiger partial charge on any atom is 0.337 e. The monoisotopic (exact) mass is 454 g/mol. The first kappa shape index (κ1) is 22.5. The van der Waals surface area contributed by atoms with Gasteiger partial charge in [0.25, 0.3) is 5.91 Å². The van der Waals surface area contributed by atoms with Crippen molar-refractivity contribution in [3.05, 3.63) is 119 Å². The van der Waals surface area contributed by atoms with Crippen LogP contribution in [0, 0.1) is 0 Å². The number of amides is 1. The molecule has 1 heterocycles. The van der Waals surface area contributed by atoms with Gasteiger partial charge in [0.15, 0.2) is 0 Å². The van der Waals surface area contributed by atoms with Gasteiger partial charge in [0.1, 0.15) is 30.5 Å². The number of pyridine rings is 1. The van der Waals surface area contributed by atoms with Crippen molar-refractivity contribution in [1.29, 1.82) is 0 Å². The van der Waals surface area contributed by atoms with Gasteiger partial charge in [0.05, 0.1) is 5.56 Å². The number of nitrogens with zero attached hydrogens (tertiary/aromatic N) is 1. The molecule has 0 aliphatic rings. The number of carbonyl (C=O) groups excluding carboxylic acids is 1. The van der Waals surface area contributed by atoms with Crippen LogP contribution < -0.4 is 14.8 Å². The Hall–Kier alpha value is -4.65. The molecule has 1 aromatic heterocycles. The molecule has 0 unspecified atom stereocenters. The van der Waals surface area contributed by atoms with E-state index >= 15 is 0 Å². The van der Waals surface area contributed by atoms with E-state index in [2.05, 4.69) is 10.3 Å². The number of carbonyl (C=O) groups is 2. The van der Waals surface area contributed by atoms with Crippen LogP contribution in [0.25, 0.3) is 0 Å². The summed E-state index contributed by atoms with van der Waals surface area (Å²) < 4.78 is 11.9. The molecule has 7 heteroatoms. The fourth-order valence-electron chi connectivity index (χ4n) is 3.13. The number of hydrogen-bond donors (Lipinski definition) is 2. The summed E-state index contributed by atoms with van der Waals surface area (Å²) in [6.45, 7) is 0.671. The molecule has 170 valence electrons. The van der Waals surface area contributed by atoms with Crippen LogP contribution >= 0.6 is 0 Å². The molecule has 7 nitrogen and oxygen atoms in total. The van der Waals surface area contributed by atoms with E-state index in [0.29, 0.717) is 30.3 Å². The Morgan fingerprint density at radius 3 is 1.76 bits per heavy atom. The maximum atomic E-state index is 12.9. The molecule has 4 rings (SSSR count). The summed E-state index contributed by atoms with van der Waals surface area (Å²) in [6, 6.07) is 27.2. The Bertz CT molecular complexity index is 1200. The molecule has 0 saturated carbocycles. The zero-order valence-corrected chi connectivity index (χ0v) is 18.2. The number of rotatable bonds is 9. The van der Waals surface area contributed by atoms with Crippen molar-refractivity contribution in [3.63, 3.8) is 0 Å². The average Bonchev–Trinajstić information content (AvgIpc) is 2.87. The lowest BCUT2D eigenvalue weighted by atomic mass is 10.1. The molecule has 3 aromatic carbocycles. The molecule has 0 saturated heterocycles. The smallest absolute Gasteiger partial charge is 0.337 e. The third kappa shape index (κ3) is 6.20. The molecular formula is C27H22N2O5. The Balaban J connectivity index is 1.53. The fourth-order valence-corrected chi connectivity index (χ4v) is 3.13. The molecule has 2 N–H and O–H groups in total. The predicted molar refractivity (Wildman–Crippen MR) is 127 cm³/mol. The number of hydrogen-bond acceptors (Lipinski definition) is 5. The Kier molecular flexibility index (Phi) is 7.15. The summed E-state index contributed by atoms with van der Waals surface area (Å²) in [4.78, 5) is 27.9. The second-order valence-electron chi connectivity index (χ2n) is 7.43. The molecule has 0 atom stereocenters. The first-order chi connectivity index (χ1) is 16.6. The van der Waals surface area contributed by atoms with E-state index in [9.17, 15) is 9.59 Å². The lowest BCUT2D eigenvalue weighted by molar-refractivity contribution is 0.0696. The number of carboxylic acid groups (broad SMARTS) is 1. The van der Waals surface area contributed by atoms with Crippen LogP contribution in [-0.2, 0) is 13.2 Å². The van der Waals surface area contributed by atoms with E-state index in [1.807, 2.05) is 60.7 Å². The number of nitrogens with one attached hydrogen (secondary N) is 1. The van der Waals surface area contributed by atoms with Gasteiger partial charge in [0.2, 0.25) is 0 Å². The van der Waals surface area contributed by atoms with Crippen molar-refractivity contribution in [2.45, 2.75) is 13.2 Å². The number of aromatic carboxylic acids is 1. The van der Waals surface area contributed by atoms with E-state index in [1.54, 1.807) is 18.2 Å². The third-order valence-electron chi connectivity index (χ3n) is 4.89. The summed E-state index contributed by atoms with van der Waals surface area (Å²) >= 11 is 0. The van der Waals surface area contributed by atoms with E-state index in [0.717, 1.165) is 11.1 Å². The van der Waals surface area contributed by atoms with Crippen LogP contribution in [0.1, 0.15) is 31.8 Å². The van der Waals surface area contributed by atoms with Crippen LogP contribution in [-0.4, -0.2) is 22.0 Å². The van der Waals surface area contributed by atoms with Gasteiger partial charge in [-0.15, -0.1) is 0 Å². The highest BCUT2D eigenvalue weighted by molar-refractivity contribution is 6.04. The highest BCUT2D eigenvalue weighted by Gasteiger charge is 2.13. The Labute approximate surface area is 196 Å². The minimum Gasteiger partial charge on any atom is -0.489 e. The molecule has 1 amide bonds. The van der Waals surface area contributed by atoms with Gasteiger partial charge in [-0.05, 0) is 35.4 Å². The van der Waals surface area contributed by atoms with Gasteiger partial charge in [-0.3, -0.25) is 4.79 Å². The summed E-state index contributed by atoms with van der Waals surface area (Å²) in [5.74, 6) is -0.320. The molecule has 0 aliphatic heterocycles. The molecule has 0 aliphatic carbocycles. The van der Waals surface area contributed by atoms with Crippen LogP contribution in [0.3, 0.4) is 0 Å². The molecule has 0 bridgehead atoms. The van der Waals surface area contributed by atoms with Crippen molar-refractivity contribution in [2.24, 2.45) is 0 Å². The number of aromatic nitrogens is 1. The summed E-state index contributed by atoms with van der Waals surface area (Å²) in [5, 5.41) is 11.7. The molecule has 0 fully saturated rings. The SMILES string of the molecule is O=C(O)c1ccc(NC(=O)c2cc(OCc3ccccc3)cc(OCc3ccccc3)c2)nc1. The summed E-state index contributed by atoms with van der Waals surface area (Å²) in [7, 11) is 0. The zero-order chi connectivity index (χ0) is 23.8. The molecule has 0 radical (unpaired) electrons. The summed E-state index contributed by atoms with van der Waals surface area (Å²) in [5.41, 5.74) is 2.34. The zero-order valence-electron chi connectivity index (χ0n) is 18.2. The van der Waals surface area contributed by atoms with Crippen LogP contribution in [0.2, 0.25) is 0 Å². The van der Waals surface area contributed by atoms with E-state index in [4.69, 9.17) is 14.6 Å². The third-order valence-corrected chi connectivity index (χ3v) is 4.89. The second kappa shape index (κ2) is 10.8. The Morgan fingerprint density at radius 2 is 1.29 bits per heavy atom. The largest absolute Gasteiger partial charge is 0.489 e. The van der Waals surface area contributed by atoms with E-state index in [1.165, 1.54) is 18.3 Å². The Morgan fingerprint density at radius 1 is 0.735 bits per heavy atom. The number of ether oxygens (including phenoxy) is 2. The lowest BCUT2D eigenvalue weighted by Gasteiger charge is -2.13. The second-order valence-corrected chi connectivity index (χ2v) is 7.43. The maximum absolute atomic E-state index is 12.9. The molecule has 0 spiro atoms. The highest BCUT2D eigenvalue weighted by Crippen LogP contribution is 2.25. The summed E-state index contributed by atoms with van der Waals surface area (Å²) in [6.07, 6.45) is 1.19. The normalized spacial score (nSPS) is 10.4. The van der Waals surface area contributed by atoms with Gasteiger partial charge in [-0.1, -0.05) is 60.7 Å². The van der Waals surface area contributed by atoms with Gasteiger partial charge in [-0.25, -0.2) is 9.78 Å². The van der Waals surface area contributed by atoms with Gasteiger partial charge in [0, 0.05) is 17.8 Å². The number of anilines is 1. The van der Waals surface area contributed by atoms with Crippen LogP contribution in [0.4, 0.5) is 5.82 Å². The first-order valence-corrected chi connectivity index (χ1v) is 10.6. The van der Waals surface area contributed by atoms with Crippen LogP contribution in [0.15, 0.2) is 97.2 Å². The van der Waals surface area contributed by atoms with E-state index < -0.39 is 11.9 Å². The number of benzene rings is 3. The predicted octanol–water partition coefficient (Wildman–Crippen LogP) is 5.19. The average molecular weight is 454 g/mol. The van der Waals surface area contributed by atoms with Crippen molar-refractivity contribution in [2.75, 3.05) is 5.32 Å². The minimum atomic E-state index is -1.09. The topological polar surface area (TPSA) is 97.8 Å². The van der Waals surface area contributed by atoms with Gasteiger partial charge < -0.3 is 19.9 Å². The van der Waals surface area contributed by atoms with Crippen molar-refractivity contribution < 1.29 is 24.2 Å². The van der Waals surface area contributed by atoms with Crippen molar-refractivity contribution in [3.8, 4) is 11.5 Å².